The van der Waals surface area contributed by atoms with E-state index in [1.165, 1.54) is 4.90 Å². The molecule has 0 aliphatic rings. The highest BCUT2D eigenvalue weighted by Crippen LogP contribution is 2.18. The first-order valence-electron chi connectivity index (χ1n) is 8.07. The SMILES string of the molecule is CN(CC(=O)C(C)(C)C)C(=O)CCC(=O)CCC(=O)C(C)(C)C. The van der Waals surface area contributed by atoms with Crippen LogP contribution in [0.25, 0.3) is 0 Å². The average Bonchev–Trinajstić information content (AvgIpc) is 2.39. The molecule has 0 aliphatic carbocycles. The Morgan fingerprint density at radius 1 is 0.696 bits per heavy atom. The second-order valence-corrected chi connectivity index (χ2v) is 8.13. The fourth-order valence-electron chi connectivity index (χ4n) is 1.73. The van der Waals surface area contributed by atoms with Gasteiger partial charge in [-0.05, 0) is 0 Å². The van der Waals surface area contributed by atoms with Gasteiger partial charge in [0.05, 0.1) is 6.54 Å². The van der Waals surface area contributed by atoms with Crippen LogP contribution in [-0.2, 0) is 19.2 Å². The highest BCUT2D eigenvalue weighted by Gasteiger charge is 2.24. The lowest BCUT2D eigenvalue weighted by Crippen LogP contribution is -2.37. The Kier molecular flexibility index (Phi) is 7.81. The van der Waals surface area contributed by atoms with Crippen LogP contribution in [0.4, 0.5) is 0 Å². The van der Waals surface area contributed by atoms with Gasteiger partial charge in [0.15, 0.2) is 5.78 Å². The van der Waals surface area contributed by atoms with Crippen LogP contribution in [0, 0.1) is 10.8 Å². The summed E-state index contributed by atoms with van der Waals surface area (Å²) in [7, 11) is 1.57. The Morgan fingerprint density at radius 2 is 1.13 bits per heavy atom. The van der Waals surface area contributed by atoms with Gasteiger partial charge in [0.2, 0.25) is 5.91 Å². The number of hydrogen-bond acceptors (Lipinski definition) is 4. The molecule has 0 N–H and O–H groups in total. The summed E-state index contributed by atoms with van der Waals surface area (Å²) < 4.78 is 0. The number of carbonyl (C=O) groups is 4. The minimum absolute atomic E-state index is 0.0181. The zero-order valence-corrected chi connectivity index (χ0v) is 15.6. The molecule has 0 atom stereocenters. The second kappa shape index (κ2) is 8.37. The molecule has 0 aromatic rings. The quantitative estimate of drug-likeness (QED) is 0.688. The van der Waals surface area contributed by atoms with E-state index in [1.807, 2.05) is 41.5 Å². The van der Waals surface area contributed by atoms with Crippen LogP contribution in [0.2, 0.25) is 0 Å². The van der Waals surface area contributed by atoms with Crippen molar-refractivity contribution < 1.29 is 19.2 Å². The van der Waals surface area contributed by atoms with Gasteiger partial charge in [-0.3, -0.25) is 19.2 Å². The summed E-state index contributed by atoms with van der Waals surface area (Å²) >= 11 is 0. The molecular formula is C18H31NO4. The number of rotatable bonds is 8. The van der Waals surface area contributed by atoms with Crippen molar-refractivity contribution in [2.45, 2.75) is 67.2 Å². The van der Waals surface area contributed by atoms with E-state index < -0.39 is 10.8 Å². The van der Waals surface area contributed by atoms with Crippen molar-refractivity contribution in [3.05, 3.63) is 0 Å². The third kappa shape index (κ3) is 8.62. The van der Waals surface area contributed by atoms with Gasteiger partial charge >= 0.3 is 0 Å². The number of amides is 1. The number of ketones is 3. The van der Waals surface area contributed by atoms with Crippen LogP contribution < -0.4 is 0 Å². The smallest absolute Gasteiger partial charge is 0.223 e. The largest absolute Gasteiger partial charge is 0.338 e. The third-order valence-corrected chi connectivity index (χ3v) is 3.73. The van der Waals surface area contributed by atoms with Gasteiger partial charge in [-0.1, -0.05) is 41.5 Å². The van der Waals surface area contributed by atoms with Crippen LogP contribution in [0.3, 0.4) is 0 Å². The van der Waals surface area contributed by atoms with Crippen molar-refractivity contribution in [2.75, 3.05) is 13.6 Å². The van der Waals surface area contributed by atoms with Crippen molar-refractivity contribution in [3.63, 3.8) is 0 Å². The van der Waals surface area contributed by atoms with E-state index in [1.54, 1.807) is 7.05 Å². The van der Waals surface area contributed by atoms with E-state index in [-0.39, 0.29) is 55.5 Å². The maximum atomic E-state index is 12.0. The number of carbonyl (C=O) groups excluding carboxylic acids is 4. The van der Waals surface area contributed by atoms with Crippen molar-refractivity contribution in [3.8, 4) is 0 Å². The molecule has 0 aromatic carbocycles. The zero-order valence-electron chi connectivity index (χ0n) is 15.6. The zero-order chi connectivity index (χ0) is 18.4. The molecule has 132 valence electrons. The van der Waals surface area contributed by atoms with E-state index in [0.29, 0.717) is 0 Å². The fourth-order valence-corrected chi connectivity index (χ4v) is 1.73. The third-order valence-electron chi connectivity index (χ3n) is 3.73. The normalized spacial score (nSPS) is 12.0. The van der Waals surface area contributed by atoms with Crippen LogP contribution >= 0.6 is 0 Å². The maximum absolute atomic E-state index is 12.0. The standard InChI is InChI=1S/C18H31NO4/c1-17(2,3)14(21)10-8-13(20)9-11-16(23)19(7)12-15(22)18(4,5)6/h8-12H2,1-7H3. The molecule has 1 amide bonds. The summed E-state index contributed by atoms with van der Waals surface area (Å²) in [5.74, 6) is -0.287. The molecule has 5 heteroatoms. The Hall–Kier alpha value is -1.52. The van der Waals surface area contributed by atoms with E-state index in [0.717, 1.165) is 0 Å². The Balaban J connectivity index is 4.21. The van der Waals surface area contributed by atoms with Crippen LogP contribution in [0.5, 0.6) is 0 Å². The maximum Gasteiger partial charge on any atom is 0.223 e. The van der Waals surface area contributed by atoms with E-state index >= 15 is 0 Å². The molecule has 0 bridgehead atoms. The van der Waals surface area contributed by atoms with E-state index in [4.69, 9.17) is 0 Å². The molecule has 0 saturated carbocycles. The number of hydrogen-bond donors (Lipinski definition) is 0. The summed E-state index contributed by atoms with van der Waals surface area (Å²) in [4.78, 5) is 48.8. The molecule has 0 saturated heterocycles. The molecule has 5 nitrogen and oxygen atoms in total. The lowest BCUT2D eigenvalue weighted by molar-refractivity contribution is -0.137. The van der Waals surface area contributed by atoms with Crippen molar-refractivity contribution in [1.82, 2.24) is 4.90 Å². The highest BCUT2D eigenvalue weighted by molar-refractivity contribution is 5.92. The molecular weight excluding hydrogens is 294 g/mol. The van der Waals surface area contributed by atoms with Gasteiger partial charge in [0.25, 0.3) is 0 Å². The molecule has 0 unspecified atom stereocenters. The number of likely N-dealkylation sites (N-methyl/N-ethyl adjacent to an activating group) is 1. The first-order chi connectivity index (χ1) is 10.2. The summed E-state index contributed by atoms with van der Waals surface area (Å²) in [6, 6.07) is 0. The summed E-state index contributed by atoms with van der Waals surface area (Å²) in [5.41, 5.74) is -0.929. The lowest BCUT2D eigenvalue weighted by Gasteiger charge is -2.22. The van der Waals surface area contributed by atoms with E-state index in [9.17, 15) is 19.2 Å². The van der Waals surface area contributed by atoms with Crippen molar-refractivity contribution in [2.24, 2.45) is 10.8 Å². The molecule has 0 fully saturated rings. The fraction of sp³-hybridized carbons (Fsp3) is 0.778. The summed E-state index contributed by atoms with van der Waals surface area (Å²) in [6.45, 7) is 11.0. The van der Waals surface area contributed by atoms with Gasteiger partial charge in [0, 0.05) is 43.6 Å². The Labute approximate surface area is 139 Å². The molecule has 23 heavy (non-hydrogen) atoms. The van der Waals surface area contributed by atoms with Crippen LogP contribution in [-0.4, -0.2) is 41.7 Å². The van der Waals surface area contributed by atoms with Gasteiger partial charge in [0.1, 0.15) is 11.6 Å². The second-order valence-electron chi connectivity index (χ2n) is 8.13. The van der Waals surface area contributed by atoms with Gasteiger partial charge < -0.3 is 4.90 Å². The summed E-state index contributed by atoms with van der Waals surface area (Å²) in [6.07, 6.45) is 0.587. The summed E-state index contributed by atoms with van der Waals surface area (Å²) in [5, 5.41) is 0. The number of Topliss-reactive ketones (excluding diaryl/α,β-unsaturated/α-hetero) is 3. The minimum atomic E-state index is -0.488. The first kappa shape index (κ1) is 21.5. The van der Waals surface area contributed by atoms with Crippen molar-refractivity contribution >= 4 is 23.3 Å². The minimum Gasteiger partial charge on any atom is -0.338 e. The van der Waals surface area contributed by atoms with Crippen molar-refractivity contribution in [1.29, 1.82) is 0 Å². The van der Waals surface area contributed by atoms with Crippen LogP contribution in [0.1, 0.15) is 67.2 Å². The predicted octanol–water partition coefficient (Wildman–Crippen LogP) is 2.80. The predicted molar refractivity (Wildman–Crippen MR) is 90.0 cm³/mol. The number of nitrogens with zero attached hydrogens (tertiary/aromatic N) is 1. The average molecular weight is 325 g/mol. The van der Waals surface area contributed by atoms with Gasteiger partial charge in [-0.15, -0.1) is 0 Å². The van der Waals surface area contributed by atoms with Gasteiger partial charge in [-0.25, -0.2) is 0 Å². The van der Waals surface area contributed by atoms with E-state index in [2.05, 4.69) is 0 Å². The molecule has 0 aromatic heterocycles. The van der Waals surface area contributed by atoms with Gasteiger partial charge in [-0.2, -0.15) is 0 Å². The Morgan fingerprint density at radius 3 is 1.57 bits per heavy atom. The monoisotopic (exact) mass is 325 g/mol. The van der Waals surface area contributed by atoms with Crippen LogP contribution in [0.15, 0.2) is 0 Å². The molecule has 0 rings (SSSR count). The molecule has 0 radical (unpaired) electrons. The molecule has 0 aliphatic heterocycles. The first-order valence-corrected chi connectivity index (χ1v) is 8.07. The molecule has 0 spiro atoms. The molecule has 0 heterocycles. The Bertz CT molecular complexity index is 466. The lowest BCUT2D eigenvalue weighted by atomic mass is 9.87. The highest BCUT2D eigenvalue weighted by atomic mass is 16.2. The topological polar surface area (TPSA) is 71.5 Å².